The number of aromatic amines is 1. The Balaban J connectivity index is 1.22. The Morgan fingerprint density at radius 1 is 1.00 bits per heavy atom. The molecule has 2 N–H and O–H groups in total. The maximum Gasteiger partial charge on any atom is 0.329 e. The molecule has 2 aromatic heterocycles. The Kier molecular flexibility index (Phi) is 7.14. The smallest absolute Gasteiger partial charge is 0.329 e. The quantitative estimate of drug-likeness (QED) is 0.406. The van der Waals surface area contributed by atoms with Crippen molar-refractivity contribution in [2.45, 2.75) is 26.4 Å². The molecule has 0 aliphatic carbocycles. The fraction of sp³-hybridized carbons (Fsp3) is 0.286. The molecule has 0 atom stereocenters. The topological polar surface area (TPSA) is 103 Å². The number of anilines is 2. The van der Waals surface area contributed by atoms with Crippen molar-refractivity contribution < 1.29 is 4.79 Å². The van der Waals surface area contributed by atoms with E-state index in [-0.39, 0.29) is 22.5 Å². The van der Waals surface area contributed by atoms with Crippen LogP contribution in [-0.4, -0.2) is 51.5 Å². The Labute approximate surface area is 214 Å². The van der Waals surface area contributed by atoms with E-state index < -0.39 is 11.2 Å². The molecule has 0 unspecified atom stereocenters. The number of carbonyl (C=O) groups excluding carboxylic acids is 1. The van der Waals surface area contributed by atoms with Crippen molar-refractivity contribution in [3.8, 4) is 0 Å². The third-order valence-corrected chi connectivity index (χ3v) is 6.65. The minimum atomic E-state index is -0.553. The predicted octanol–water partition coefficient (Wildman–Crippen LogP) is 3.07. The number of nitrogens with one attached hydrogen (secondary N) is 2. The number of fused-ring (bicyclic) bond motifs is 1. The van der Waals surface area contributed by atoms with Crippen LogP contribution in [-0.2, 0) is 13.1 Å². The predicted molar refractivity (Wildman–Crippen MR) is 145 cm³/mol. The van der Waals surface area contributed by atoms with Crippen LogP contribution < -0.4 is 21.5 Å². The first-order valence-corrected chi connectivity index (χ1v) is 12.6. The second-order valence-electron chi connectivity index (χ2n) is 9.26. The highest BCUT2D eigenvalue weighted by Crippen LogP contribution is 2.21. The number of hydrogen-bond donors (Lipinski definition) is 2. The molecule has 0 spiro atoms. The van der Waals surface area contributed by atoms with E-state index in [1.807, 2.05) is 37.3 Å². The van der Waals surface area contributed by atoms with E-state index in [1.165, 1.54) is 22.4 Å². The standard InChI is InChI=1S/C28H30N6O3/c1-2-12-34-25-24(27(36)31-28(34)37)17-21(18-29-25)26(35)30-22-8-10-23(11-9-22)33-15-13-32(14-16-33)19-20-6-4-3-5-7-20/h3-11,17-18H,2,12-16,19H2,1H3,(H,30,35)(H,31,36,37). The number of H-pyrrole nitrogens is 1. The fourth-order valence-corrected chi connectivity index (χ4v) is 4.69. The summed E-state index contributed by atoms with van der Waals surface area (Å²) in [7, 11) is 0. The number of aryl methyl sites for hydroxylation is 1. The van der Waals surface area contributed by atoms with Gasteiger partial charge in [-0.15, -0.1) is 0 Å². The minimum Gasteiger partial charge on any atom is -0.369 e. The Morgan fingerprint density at radius 3 is 2.43 bits per heavy atom. The van der Waals surface area contributed by atoms with Crippen molar-refractivity contribution in [3.63, 3.8) is 0 Å². The molecule has 9 heteroatoms. The first-order valence-electron chi connectivity index (χ1n) is 12.6. The highest BCUT2D eigenvalue weighted by molar-refractivity contribution is 6.05. The van der Waals surface area contributed by atoms with E-state index in [1.54, 1.807) is 0 Å². The van der Waals surface area contributed by atoms with Gasteiger partial charge in [-0.05, 0) is 42.3 Å². The summed E-state index contributed by atoms with van der Waals surface area (Å²) in [4.78, 5) is 48.7. The number of amides is 1. The number of piperazine rings is 1. The van der Waals surface area contributed by atoms with Gasteiger partial charge >= 0.3 is 5.69 Å². The molecule has 4 aromatic rings. The first-order chi connectivity index (χ1) is 18.0. The van der Waals surface area contributed by atoms with Gasteiger partial charge in [0.05, 0.1) is 10.9 Å². The maximum absolute atomic E-state index is 12.9. The van der Waals surface area contributed by atoms with Crippen molar-refractivity contribution in [2.24, 2.45) is 0 Å². The molecule has 37 heavy (non-hydrogen) atoms. The third kappa shape index (κ3) is 5.46. The van der Waals surface area contributed by atoms with E-state index in [9.17, 15) is 14.4 Å². The molecule has 190 valence electrons. The molecule has 2 aromatic carbocycles. The van der Waals surface area contributed by atoms with Gasteiger partial charge in [0.2, 0.25) is 0 Å². The van der Waals surface area contributed by atoms with Gasteiger partial charge in [-0.3, -0.25) is 24.0 Å². The van der Waals surface area contributed by atoms with Gasteiger partial charge in [-0.2, -0.15) is 0 Å². The largest absolute Gasteiger partial charge is 0.369 e. The second-order valence-corrected chi connectivity index (χ2v) is 9.26. The third-order valence-electron chi connectivity index (χ3n) is 6.65. The van der Waals surface area contributed by atoms with Crippen LogP contribution in [0, 0.1) is 0 Å². The second kappa shape index (κ2) is 10.8. The molecule has 0 radical (unpaired) electrons. The molecular formula is C28H30N6O3. The zero-order valence-electron chi connectivity index (χ0n) is 20.8. The van der Waals surface area contributed by atoms with Gasteiger partial charge in [0.25, 0.3) is 11.5 Å². The van der Waals surface area contributed by atoms with Crippen LogP contribution in [0.4, 0.5) is 11.4 Å². The lowest BCUT2D eigenvalue weighted by atomic mass is 10.2. The summed E-state index contributed by atoms with van der Waals surface area (Å²) in [6, 6.07) is 19.8. The molecule has 0 bridgehead atoms. The molecule has 3 heterocycles. The molecule has 1 fully saturated rings. The summed E-state index contributed by atoms with van der Waals surface area (Å²) >= 11 is 0. The van der Waals surface area contributed by atoms with Gasteiger partial charge < -0.3 is 10.2 Å². The summed E-state index contributed by atoms with van der Waals surface area (Å²) in [6.45, 7) is 7.20. The van der Waals surface area contributed by atoms with Crippen LogP contribution in [0.15, 0.2) is 76.4 Å². The molecular weight excluding hydrogens is 468 g/mol. The van der Waals surface area contributed by atoms with Crippen molar-refractivity contribution in [3.05, 3.63) is 98.8 Å². The number of rotatable bonds is 7. The molecule has 1 aliphatic rings. The van der Waals surface area contributed by atoms with E-state index in [0.717, 1.165) is 38.4 Å². The first kappa shape index (κ1) is 24.5. The molecule has 1 amide bonds. The molecule has 1 aliphatic heterocycles. The molecule has 9 nitrogen and oxygen atoms in total. The minimum absolute atomic E-state index is 0.211. The summed E-state index contributed by atoms with van der Waals surface area (Å²) in [5, 5.41) is 3.08. The van der Waals surface area contributed by atoms with Crippen LogP contribution in [0.1, 0.15) is 29.3 Å². The van der Waals surface area contributed by atoms with Crippen LogP contribution in [0.3, 0.4) is 0 Å². The summed E-state index contributed by atoms with van der Waals surface area (Å²) in [6.07, 6.45) is 2.11. The highest BCUT2D eigenvalue weighted by Gasteiger charge is 2.18. The normalized spacial score (nSPS) is 14.1. The van der Waals surface area contributed by atoms with Crippen molar-refractivity contribution in [2.75, 3.05) is 36.4 Å². The van der Waals surface area contributed by atoms with Crippen LogP contribution >= 0.6 is 0 Å². The van der Waals surface area contributed by atoms with E-state index in [2.05, 4.69) is 49.4 Å². The summed E-state index contributed by atoms with van der Waals surface area (Å²) in [5.41, 5.74) is 2.58. The maximum atomic E-state index is 12.9. The molecule has 1 saturated heterocycles. The molecule has 5 rings (SSSR count). The SMILES string of the molecule is CCCn1c(=O)[nH]c(=O)c2cc(C(=O)Nc3ccc(N4CCN(Cc5ccccc5)CC4)cc3)cnc21. The summed E-state index contributed by atoms with van der Waals surface area (Å²) in [5.74, 6) is -0.371. The van der Waals surface area contributed by atoms with Gasteiger partial charge in [-0.25, -0.2) is 9.78 Å². The van der Waals surface area contributed by atoms with Gasteiger partial charge in [0, 0.05) is 56.8 Å². The average Bonchev–Trinajstić information content (AvgIpc) is 2.92. The fourth-order valence-electron chi connectivity index (χ4n) is 4.69. The van der Waals surface area contributed by atoms with Crippen LogP contribution in [0.25, 0.3) is 11.0 Å². The van der Waals surface area contributed by atoms with Crippen molar-refractivity contribution >= 4 is 28.3 Å². The Morgan fingerprint density at radius 2 is 1.73 bits per heavy atom. The Bertz CT molecular complexity index is 1500. The Hall–Kier alpha value is -4.24. The van der Waals surface area contributed by atoms with E-state index in [4.69, 9.17) is 0 Å². The number of carbonyl (C=O) groups is 1. The lowest BCUT2D eigenvalue weighted by Gasteiger charge is -2.36. The lowest BCUT2D eigenvalue weighted by Crippen LogP contribution is -2.45. The van der Waals surface area contributed by atoms with E-state index in [0.29, 0.717) is 18.7 Å². The number of aromatic nitrogens is 3. The average molecular weight is 499 g/mol. The van der Waals surface area contributed by atoms with Crippen LogP contribution in [0.5, 0.6) is 0 Å². The number of nitrogens with zero attached hydrogens (tertiary/aromatic N) is 4. The zero-order valence-corrected chi connectivity index (χ0v) is 20.8. The highest BCUT2D eigenvalue weighted by atomic mass is 16.2. The zero-order chi connectivity index (χ0) is 25.8. The van der Waals surface area contributed by atoms with Gasteiger partial charge in [0.1, 0.15) is 5.65 Å². The number of benzene rings is 2. The monoisotopic (exact) mass is 498 g/mol. The van der Waals surface area contributed by atoms with Crippen LogP contribution in [0.2, 0.25) is 0 Å². The van der Waals surface area contributed by atoms with Crippen molar-refractivity contribution in [1.29, 1.82) is 0 Å². The van der Waals surface area contributed by atoms with E-state index >= 15 is 0 Å². The van der Waals surface area contributed by atoms with Gasteiger partial charge in [0.15, 0.2) is 0 Å². The molecule has 0 saturated carbocycles. The number of pyridine rings is 1. The van der Waals surface area contributed by atoms with Gasteiger partial charge in [-0.1, -0.05) is 37.3 Å². The summed E-state index contributed by atoms with van der Waals surface area (Å²) < 4.78 is 1.42. The number of hydrogen-bond acceptors (Lipinski definition) is 6. The lowest BCUT2D eigenvalue weighted by molar-refractivity contribution is 0.102. The van der Waals surface area contributed by atoms with Crippen molar-refractivity contribution in [1.82, 2.24) is 19.4 Å².